The molecular weight excluding hydrogens is 280 g/mol. The zero-order chi connectivity index (χ0) is 15.3. The maximum Gasteiger partial charge on any atom is 0.324 e. The van der Waals surface area contributed by atoms with Crippen LogP contribution in [0.3, 0.4) is 0 Å². The van der Waals surface area contributed by atoms with Gasteiger partial charge in [-0.25, -0.2) is 8.42 Å². The molecule has 0 aliphatic carbocycles. The van der Waals surface area contributed by atoms with Crippen molar-refractivity contribution >= 4 is 15.8 Å². The van der Waals surface area contributed by atoms with Crippen LogP contribution in [0.4, 0.5) is 0 Å². The highest BCUT2D eigenvalue weighted by Crippen LogP contribution is 2.12. The monoisotopic (exact) mass is 306 g/mol. The number of ether oxygens (including phenoxy) is 1. The van der Waals surface area contributed by atoms with Gasteiger partial charge in [-0.05, 0) is 13.8 Å². The second-order valence-electron chi connectivity index (χ2n) is 5.58. The number of sulfone groups is 1. The van der Waals surface area contributed by atoms with Gasteiger partial charge in [-0.3, -0.25) is 9.69 Å². The van der Waals surface area contributed by atoms with Crippen LogP contribution < -0.4 is 5.32 Å². The van der Waals surface area contributed by atoms with Gasteiger partial charge < -0.3 is 10.1 Å². The highest BCUT2D eigenvalue weighted by Gasteiger charge is 2.32. The van der Waals surface area contributed by atoms with Crippen LogP contribution in [0, 0.1) is 0 Å². The molecule has 0 amide bonds. The van der Waals surface area contributed by atoms with E-state index in [-0.39, 0.29) is 29.6 Å². The minimum absolute atomic E-state index is 0.0698. The molecule has 118 valence electrons. The van der Waals surface area contributed by atoms with Crippen LogP contribution in [0.5, 0.6) is 0 Å². The summed E-state index contributed by atoms with van der Waals surface area (Å²) in [6.45, 7) is 8.90. The standard InChI is InChI=1S/C13H26N2O4S/c1-5-19-13(16)12(14-10(2)3)8-15-6-7-20(17,18)9-11(15)4/h10-12,14H,5-9H2,1-4H3. The molecule has 0 aromatic rings. The average Bonchev–Trinajstić information content (AvgIpc) is 2.30. The molecular formula is C13H26N2O4S. The molecule has 1 fully saturated rings. The van der Waals surface area contributed by atoms with E-state index < -0.39 is 15.9 Å². The summed E-state index contributed by atoms with van der Waals surface area (Å²) in [6, 6.07) is -0.328. The Morgan fingerprint density at radius 1 is 1.45 bits per heavy atom. The maximum atomic E-state index is 12.0. The first-order valence-electron chi connectivity index (χ1n) is 7.12. The highest BCUT2D eigenvalue weighted by molar-refractivity contribution is 7.91. The van der Waals surface area contributed by atoms with Crippen LogP contribution in [0.25, 0.3) is 0 Å². The van der Waals surface area contributed by atoms with Gasteiger partial charge in [0.25, 0.3) is 0 Å². The molecule has 0 aromatic carbocycles. The van der Waals surface area contributed by atoms with Crippen molar-refractivity contribution in [1.29, 1.82) is 0 Å². The number of carbonyl (C=O) groups is 1. The van der Waals surface area contributed by atoms with Crippen molar-refractivity contribution in [1.82, 2.24) is 10.2 Å². The highest BCUT2D eigenvalue weighted by atomic mass is 32.2. The van der Waals surface area contributed by atoms with Crippen LogP contribution in [0.15, 0.2) is 0 Å². The first-order valence-corrected chi connectivity index (χ1v) is 8.94. The number of hydrogen-bond donors (Lipinski definition) is 1. The third kappa shape index (κ3) is 5.38. The summed E-state index contributed by atoms with van der Waals surface area (Å²) in [5, 5.41) is 3.19. The predicted octanol–water partition coefficient (Wildman–Crippen LogP) is 0.0350. The van der Waals surface area contributed by atoms with Crippen molar-refractivity contribution in [2.24, 2.45) is 0 Å². The van der Waals surface area contributed by atoms with E-state index in [0.717, 1.165) is 0 Å². The van der Waals surface area contributed by atoms with Crippen molar-refractivity contribution in [2.45, 2.75) is 45.8 Å². The van der Waals surface area contributed by atoms with Gasteiger partial charge in [-0.15, -0.1) is 0 Å². The van der Waals surface area contributed by atoms with Crippen molar-refractivity contribution in [3.63, 3.8) is 0 Å². The fourth-order valence-electron chi connectivity index (χ4n) is 2.38. The largest absolute Gasteiger partial charge is 0.465 e. The lowest BCUT2D eigenvalue weighted by Gasteiger charge is -2.35. The maximum absolute atomic E-state index is 12.0. The first kappa shape index (κ1) is 17.4. The average molecular weight is 306 g/mol. The fraction of sp³-hybridized carbons (Fsp3) is 0.923. The van der Waals surface area contributed by atoms with E-state index in [1.807, 2.05) is 25.7 Å². The molecule has 0 spiro atoms. The third-order valence-electron chi connectivity index (χ3n) is 3.33. The van der Waals surface area contributed by atoms with Crippen molar-refractivity contribution in [2.75, 3.05) is 31.2 Å². The van der Waals surface area contributed by atoms with Gasteiger partial charge in [0.05, 0.1) is 18.1 Å². The molecule has 20 heavy (non-hydrogen) atoms. The number of rotatable bonds is 6. The number of esters is 1. The van der Waals surface area contributed by atoms with Crippen LogP contribution >= 0.6 is 0 Å². The van der Waals surface area contributed by atoms with Crippen LogP contribution in [-0.2, 0) is 19.4 Å². The minimum atomic E-state index is -2.93. The smallest absolute Gasteiger partial charge is 0.324 e. The molecule has 1 heterocycles. The lowest BCUT2D eigenvalue weighted by atomic mass is 10.2. The molecule has 0 bridgehead atoms. The van der Waals surface area contributed by atoms with Gasteiger partial charge in [0.2, 0.25) is 0 Å². The Labute approximate surface area is 121 Å². The zero-order valence-electron chi connectivity index (χ0n) is 12.8. The summed E-state index contributed by atoms with van der Waals surface area (Å²) in [4.78, 5) is 14.0. The summed E-state index contributed by atoms with van der Waals surface area (Å²) in [5.41, 5.74) is 0. The van der Waals surface area contributed by atoms with E-state index in [9.17, 15) is 13.2 Å². The lowest BCUT2D eigenvalue weighted by Crippen LogP contribution is -2.55. The van der Waals surface area contributed by atoms with Crippen molar-refractivity contribution in [3.05, 3.63) is 0 Å². The Morgan fingerprint density at radius 3 is 2.60 bits per heavy atom. The van der Waals surface area contributed by atoms with Crippen molar-refractivity contribution in [3.8, 4) is 0 Å². The molecule has 1 aliphatic heterocycles. The quantitative estimate of drug-likeness (QED) is 0.698. The molecule has 0 aromatic heterocycles. The van der Waals surface area contributed by atoms with Crippen LogP contribution in [-0.4, -0.2) is 68.6 Å². The molecule has 1 aliphatic rings. The Hall–Kier alpha value is -0.660. The number of carbonyl (C=O) groups excluding carboxylic acids is 1. The van der Waals surface area contributed by atoms with Gasteiger partial charge in [-0.1, -0.05) is 13.8 Å². The summed E-state index contributed by atoms with van der Waals surface area (Å²) < 4.78 is 28.2. The molecule has 7 heteroatoms. The third-order valence-corrected chi connectivity index (χ3v) is 5.13. The van der Waals surface area contributed by atoms with Gasteiger partial charge in [0, 0.05) is 25.2 Å². The summed E-state index contributed by atoms with van der Waals surface area (Å²) in [5.74, 6) is 0.0422. The van der Waals surface area contributed by atoms with Crippen LogP contribution in [0.1, 0.15) is 27.7 Å². The van der Waals surface area contributed by atoms with Gasteiger partial charge in [0.1, 0.15) is 6.04 Å². The number of nitrogens with one attached hydrogen (secondary N) is 1. The normalized spacial score (nSPS) is 24.6. The molecule has 6 nitrogen and oxygen atoms in total. The Kier molecular flexibility index (Phi) is 6.42. The summed E-state index contributed by atoms with van der Waals surface area (Å²) in [6.07, 6.45) is 0. The predicted molar refractivity (Wildman–Crippen MR) is 78.4 cm³/mol. The molecule has 2 atom stereocenters. The molecule has 1 rings (SSSR count). The fourth-order valence-corrected chi connectivity index (χ4v) is 4.00. The van der Waals surface area contributed by atoms with Crippen molar-refractivity contribution < 1.29 is 17.9 Å². The Morgan fingerprint density at radius 2 is 2.10 bits per heavy atom. The van der Waals surface area contributed by atoms with E-state index in [4.69, 9.17) is 4.74 Å². The second-order valence-corrected chi connectivity index (χ2v) is 7.81. The summed E-state index contributed by atoms with van der Waals surface area (Å²) >= 11 is 0. The van der Waals surface area contributed by atoms with Gasteiger partial charge in [0.15, 0.2) is 9.84 Å². The van der Waals surface area contributed by atoms with E-state index in [1.54, 1.807) is 6.92 Å². The lowest BCUT2D eigenvalue weighted by molar-refractivity contribution is -0.146. The van der Waals surface area contributed by atoms with E-state index >= 15 is 0 Å². The second kappa shape index (κ2) is 7.38. The molecule has 2 unspecified atom stereocenters. The van der Waals surface area contributed by atoms with Gasteiger partial charge >= 0.3 is 5.97 Å². The SMILES string of the molecule is CCOC(=O)C(CN1CCS(=O)(=O)CC1C)NC(C)C. The first-order chi connectivity index (χ1) is 9.25. The Balaban J connectivity index is 2.67. The van der Waals surface area contributed by atoms with E-state index in [2.05, 4.69) is 5.32 Å². The molecule has 1 saturated heterocycles. The Bertz CT molecular complexity index is 422. The van der Waals surface area contributed by atoms with E-state index in [1.165, 1.54) is 0 Å². The van der Waals surface area contributed by atoms with E-state index in [0.29, 0.717) is 19.7 Å². The topological polar surface area (TPSA) is 75.7 Å². The summed E-state index contributed by atoms with van der Waals surface area (Å²) in [7, 11) is -2.93. The molecule has 1 N–H and O–H groups in total. The van der Waals surface area contributed by atoms with Crippen LogP contribution in [0.2, 0.25) is 0 Å². The van der Waals surface area contributed by atoms with Gasteiger partial charge in [-0.2, -0.15) is 0 Å². The zero-order valence-corrected chi connectivity index (χ0v) is 13.6. The number of hydrogen-bond acceptors (Lipinski definition) is 6. The molecule has 0 radical (unpaired) electrons. The molecule has 0 saturated carbocycles. The number of nitrogens with zero attached hydrogens (tertiary/aromatic N) is 1. The minimum Gasteiger partial charge on any atom is -0.465 e.